The molecule has 1 unspecified atom stereocenters. The maximum atomic E-state index is 11.4. The Morgan fingerprint density at radius 3 is 2.81 bits per heavy atom. The maximum Gasteiger partial charge on any atom is 0.335 e. The molecule has 2 bridgehead atoms. The number of hydrogen-bond donors (Lipinski definition) is 3. The summed E-state index contributed by atoms with van der Waals surface area (Å²) in [6.07, 6.45) is 5.18. The molecule has 3 fully saturated rings. The van der Waals surface area contributed by atoms with E-state index in [2.05, 4.69) is 34.3 Å². The van der Waals surface area contributed by atoms with E-state index >= 15 is 0 Å². The van der Waals surface area contributed by atoms with Crippen LogP contribution in [-0.4, -0.2) is 47.2 Å². The second kappa shape index (κ2) is 7.70. The second-order valence-electron chi connectivity index (χ2n) is 8.87. The van der Waals surface area contributed by atoms with Gasteiger partial charge in [0.2, 0.25) is 0 Å². The monoisotopic (exact) mass is 419 g/mol. The van der Waals surface area contributed by atoms with E-state index in [1.807, 2.05) is 18.3 Å². The van der Waals surface area contributed by atoms with Gasteiger partial charge in [-0.1, -0.05) is 12.1 Å². The van der Waals surface area contributed by atoms with E-state index in [-0.39, 0.29) is 5.54 Å². The first-order valence-electron chi connectivity index (χ1n) is 11.0. The molecule has 6 rings (SSSR count). The van der Waals surface area contributed by atoms with Crippen LogP contribution in [0.5, 0.6) is 5.75 Å². The molecular formula is C25H29N3O3. The number of ether oxygens (including phenoxy) is 1. The van der Waals surface area contributed by atoms with E-state index in [1.165, 1.54) is 22.1 Å². The maximum absolute atomic E-state index is 11.4. The molecule has 3 N–H and O–H groups in total. The molecule has 0 amide bonds. The van der Waals surface area contributed by atoms with Gasteiger partial charge in [-0.15, -0.1) is 0 Å². The Labute approximate surface area is 182 Å². The first-order valence-corrected chi connectivity index (χ1v) is 11.0. The number of aromatic nitrogens is 1. The molecule has 2 atom stereocenters. The lowest BCUT2D eigenvalue weighted by Crippen LogP contribution is -2.52. The van der Waals surface area contributed by atoms with Gasteiger partial charge in [0.25, 0.3) is 0 Å². The van der Waals surface area contributed by atoms with Crippen molar-refractivity contribution >= 4 is 16.9 Å². The van der Waals surface area contributed by atoms with E-state index in [0.29, 0.717) is 11.6 Å². The molecule has 3 aliphatic rings. The van der Waals surface area contributed by atoms with Crippen molar-refractivity contribution in [1.82, 2.24) is 15.2 Å². The highest BCUT2D eigenvalue weighted by Crippen LogP contribution is 2.44. The largest absolute Gasteiger partial charge is 0.496 e. The number of aryl methyl sites for hydroxylation is 1. The van der Waals surface area contributed by atoms with Gasteiger partial charge < -0.3 is 20.1 Å². The molecule has 0 aliphatic carbocycles. The number of nitrogens with one attached hydrogen (secondary N) is 2. The van der Waals surface area contributed by atoms with E-state index < -0.39 is 5.97 Å². The average Bonchev–Trinajstić information content (AvgIpc) is 3.10. The zero-order valence-electron chi connectivity index (χ0n) is 18.1. The minimum Gasteiger partial charge on any atom is -0.496 e. The number of piperidine rings is 1. The Morgan fingerprint density at radius 2 is 2.06 bits per heavy atom. The van der Waals surface area contributed by atoms with Crippen LogP contribution in [0.2, 0.25) is 0 Å². The van der Waals surface area contributed by atoms with Gasteiger partial charge in [0.15, 0.2) is 0 Å². The molecule has 0 saturated carbocycles. The molecule has 162 valence electrons. The van der Waals surface area contributed by atoms with Crippen molar-refractivity contribution in [2.75, 3.05) is 20.2 Å². The van der Waals surface area contributed by atoms with Gasteiger partial charge in [-0.3, -0.25) is 4.90 Å². The lowest BCUT2D eigenvalue weighted by atomic mass is 9.77. The molecule has 6 nitrogen and oxygen atoms in total. The third-order valence-electron chi connectivity index (χ3n) is 7.27. The number of H-pyrrole nitrogens is 1. The number of fused-ring (bicyclic) bond motifs is 5. The molecule has 4 heterocycles. The first kappa shape index (κ1) is 20.1. The van der Waals surface area contributed by atoms with Crippen LogP contribution in [0.3, 0.4) is 0 Å². The van der Waals surface area contributed by atoms with Crippen molar-refractivity contribution in [1.29, 1.82) is 0 Å². The summed E-state index contributed by atoms with van der Waals surface area (Å²) in [4.78, 5) is 17.3. The number of nitrogens with zero attached hydrogens (tertiary/aromatic N) is 1. The summed E-state index contributed by atoms with van der Waals surface area (Å²) in [5.74, 6) is 0.0421. The van der Waals surface area contributed by atoms with Crippen LogP contribution in [0.4, 0.5) is 0 Å². The molecule has 3 aromatic rings. The first-order chi connectivity index (χ1) is 15.0. The topological polar surface area (TPSA) is 77.6 Å². The Hall–Kier alpha value is -2.83. The van der Waals surface area contributed by atoms with Gasteiger partial charge in [0, 0.05) is 47.3 Å². The van der Waals surface area contributed by atoms with E-state index in [1.54, 1.807) is 19.2 Å². The van der Waals surface area contributed by atoms with Gasteiger partial charge in [0.1, 0.15) is 5.75 Å². The number of aromatic amines is 1. The molecule has 3 saturated heterocycles. The summed E-state index contributed by atoms with van der Waals surface area (Å²) in [5.41, 5.74) is 4.97. The van der Waals surface area contributed by atoms with Gasteiger partial charge in [0.05, 0.1) is 12.7 Å². The highest BCUT2D eigenvalue weighted by atomic mass is 16.5. The smallest absolute Gasteiger partial charge is 0.335 e. The van der Waals surface area contributed by atoms with E-state index in [0.717, 1.165) is 50.2 Å². The third kappa shape index (κ3) is 3.30. The normalized spacial score (nSPS) is 23.7. The van der Waals surface area contributed by atoms with Crippen LogP contribution >= 0.6 is 0 Å². The highest BCUT2D eigenvalue weighted by Gasteiger charge is 2.45. The summed E-state index contributed by atoms with van der Waals surface area (Å²) >= 11 is 0. The number of aromatic carboxylic acids is 1. The van der Waals surface area contributed by atoms with Gasteiger partial charge in [-0.2, -0.15) is 0 Å². The predicted molar refractivity (Wildman–Crippen MR) is 121 cm³/mol. The van der Waals surface area contributed by atoms with E-state index in [9.17, 15) is 9.90 Å². The van der Waals surface area contributed by atoms with Crippen molar-refractivity contribution in [2.24, 2.45) is 0 Å². The lowest BCUT2D eigenvalue weighted by Gasteiger charge is -2.48. The Kier molecular flexibility index (Phi) is 4.99. The summed E-state index contributed by atoms with van der Waals surface area (Å²) in [5, 5.41) is 14.2. The fraction of sp³-hybridized carbons (Fsp3) is 0.400. The van der Waals surface area contributed by atoms with Crippen LogP contribution in [0.15, 0.2) is 42.6 Å². The fourth-order valence-electron chi connectivity index (χ4n) is 5.62. The number of carboxylic acids is 1. The molecule has 0 spiro atoms. The summed E-state index contributed by atoms with van der Waals surface area (Å²) in [6, 6.07) is 12.3. The van der Waals surface area contributed by atoms with Gasteiger partial charge in [-0.25, -0.2) is 4.79 Å². The summed E-state index contributed by atoms with van der Waals surface area (Å²) in [7, 11) is 1.74. The summed E-state index contributed by atoms with van der Waals surface area (Å²) in [6.45, 7) is 4.82. The lowest BCUT2D eigenvalue weighted by molar-refractivity contribution is 0.0350. The number of rotatable bonds is 5. The Morgan fingerprint density at radius 1 is 1.26 bits per heavy atom. The third-order valence-corrected chi connectivity index (χ3v) is 7.27. The van der Waals surface area contributed by atoms with E-state index in [4.69, 9.17) is 4.74 Å². The van der Waals surface area contributed by atoms with Crippen LogP contribution in [0.25, 0.3) is 10.9 Å². The van der Waals surface area contributed by atoms with Gasteiger partial charge in [-0.05, 0) is 68.1 Å². The quantitative estimate of drug-likeness (QED) is 0.582. The van der Waals surface area contributed by atoms with Crippen molar-refractivity contribution in [2.45, 2.75) is 44.3 Å². The van der Waals surface area contributed by atoms with Gasteiger partial charge >= 0.3 is 5.97 Å². The molecule has 0 radical (unpaired) electrons. The SMILES string of the molecule is COc1cc(C)c2[nH]ccc2c1CN1CC2CC[C@]1(c1ccc(C(=O)O)cc1)CCN2. The second-order valence-corrected chi connectivity index (χ2v) is 8.87. The fourth-order valence-corrected chi connectivity index (χ4v) is 5.62. The summed E-state index contributed by atoms with van der Waals surface area (Å²) < 4.78 is 5.82. The zero-order chi connectivity index (χ0) is 21.6. The van der Waals surface area contributed by atoms with Crippen molar-refractivity contribution in [3.63, 3.8) is 0 Å². The molecule has 31 heavy (non-hydrogen) atoms. The number of carbonyl (C=O) groups is 1. The van der Waals surface area contributed by atoms with Crippen LogP contribution in [-0.2, 0) is 12.1 Å². The number of carboxylic acid groups (broad SMARTS) is 1. The average molecular weight is 420 g/mol. The molecule has 1 aromatic heterocycles. The van der Waals surface area contributed by atoms with Crippen LogP contribution in [0, 0.1) is 6.92 Å². The molecule has 3 aliphatic heterocycles. The Bertz CT molecular complexity index is 1120. The van der Waals surface area contributed by atoms with Crippen molar-refractivity contribution in [3.05, 3.63) is 64.8 Å². The molecular weight excluding hydrogens is 390 g/mol. The Balaban J connectivity index is 1.59. The van der Waals surface area contributed by atoms with Crippen LogP contribution in [0.1, 0.15) is 46.3 Å². The standard InChI is InChI=1S/C25H29N3O3/c1-16-13-22(31-2)21(20-8-11-27-23(16)20)15-28-14-19-7-9-25(28,10-12-26-19)18-5-3-17(4-6-18)24(29)30/h3-6,8,11,13,19,26-27H,7,9-10,12,14-15H2,1-2H3,(H,29,30)/t19?,25-/m1/s1. The highest BCUT2D eigenvalue weighted by molar-refractivity contribution is 5.88. The van der Waals surface area contributed by atoms with Crippen LogP contribution < -0.4 is 10.1 Å². The minimum atomic E-state index is -0.883. The number of methoxy groups -OCH3 is 1. The number of benzene rings is 2. The molecule has 6 heteroatoms. The van der Waals surface area contributed by atoms with Crippen molar-refractivity contribution in [3.8, 4) is 5.75 Å². The molecule has 2 aromatic carbocycles. The number of hydrogen-bond acceptors (Lipinski definition) is 4. The zero-order valence-corrected chi connectivity index (χ0v) is 18.1. The predicted octanol–water partition coefficient (Wildman–Crippen LogP) is 4.04. The van der Waals surface area contributed by atoms with Crippen molar-refractivity contribution < 1.29 is 14.6 Å². The minimum absolute atomic E-state index is 0.116.